The molecule has 0 aromatic rings. The molecule has 2 amide bonds. The van der Waals surface area contributed by atoms with Gasteiger partial charge in [0, 0.05) is 12.8 Å². The van der Waals surface area contributed by atoms with Crippen molar-refractivity contribution in [3.8, 4) is 0 Å². The standard InChI is InChI=1S/C6H10N2O4S/c7-4(9)1-2-5(10)8-12-6(11)3-13/h13H,1-3H2,(H2,7,9)(H,8,10). The van der Waals surface area contributed by atoms with Gasteiger partial charge < -0.3 is 10.6 Å². The van der Waals surface area contributed by atoms with Gasteiger partial charge in [-0.1, -0.05) is 0 Å². The highest BCUT2D eigenvalue weighted by Crippen LogP contribution is 1.87. The van der Waals surface area contributed by atoms with Crippen molar-refractivity contribution in [1.82, 2.24) is 5.48 Å². The van der Waals surface area contributed by atoms with Crippen LogP contribution in [0.2, 0.25) is 0 Å². The molecule has 0 radical (unpaired) electrons. The lowest BCUT2D eigenvalue weighted by Crippen LogP contribution is -2.28. The molecule has 0 saturated heterocycles. The van der Waals surface area contributed by atoms with Crippen LogP contribution in [0, 0.1) is 0 Å². The average molecular weight is 206 g/mol. The van der Waals surface area contributed by atoms with Crippen LogP contribution in [0.1, 0.15) is 12.8 Å². The highest BCUT2D eigenvalue weighted by molar-refractivity contribution is 7.81. The number of hydroxylamine groups is 1. The number of hydrogen-bond donors (Lipinski definition) is 3. The van der Waals surface area contributed by atoms with Crippen LogP contribution < -0.4 is 11.2 Å². The zero-order chi connectivity index (χ0) is 10.3. The van der Waals surface area contributed by atoms with Crippen LogP contribution in [-0.2, 0) is 19.2 Å². The number of rotatable bonds is 4. The molecule has 0 aromatic heterocycles. The third-order valence-corrected chi connectivity index (χ3v) is 1.26. The predicted octanol–water partition coefficient (Wildman–Crippen LogP) is -1.24. The Kier molecular flexibility index (Phi) is 5.69. The summed E-state index contributed by atoms with van der Waals surface area (Å²) in [6, 6.07) is 0. The Hall–Kier alpha value is -1.24. The number of carbonyl (C=O) groups is 3. The summed E-state index contributed by atoms with van der Waals surface area (Å²) >= 11 is 3.60. The van der Waals surface area contributed by atoms with Gasteiger partial charge in [0.1, 0.15) is 0 Å². The minimum Gasteiger partial charge on any atom is -0.370 e. The van der Waals surface area contributed by atoms with Gasteiger partial charge in [0.25, 0.3) is 5.91 Å². The number of nitrogens with two attached hydrogens (primary N) is 1. The van der Waals surface area contributed by atoms with Gasteiger partial charge in [-0.05, 0) is 0 Å². The molecule has 0 spiro atoms. The van der Waals surface area contributed by atoms with E-state index < -0.39 is 17.8 Å². The third-order valence-electron chi connectivity index (χ3n) is 1.01. The van der Waals surface area contributed by atoms with Crippen molar-refractivity contribution in [2.45, 2.75) is 12.8 Å². The van der Waals surface area contributed by atoms with E-state index in [0.717, 1.165) is 0 Å². The Morgan fingerprint density at radius 1 is 1.31 bits per heavy atom. The van der Waals surface area contributed by atoms with Crippen LogP contribution in [0.15, 0.2) is 0 Å². The fourth-order valence-electron chi connectivity index (χ4n) is 0.434. The third kappa shape index (κ3) is 7.13. The van der Waals surface area contributed by atoms with E-state index in [2.05, 4.69) is 17.5 Å². The van der Waals surface area contributed by atoms with E-state index in [1.54, 1.807) is 0 Å². The molecule has 0 heterocycles. The number of carbonyl (C=O) groups excluding carboxylic acids is 3. The van der Waals surface area contributed by atoms with Crippen LogP contribution in [-0.4, -0.2) is 23.5 Å². The van der Waals surface area contributed by atoms with Crippen molar-refractivity contribution >= 4 is 30.4 Å². The second kappa shape index (κ2) is 6.30. The maximum absolute atomic E-state index is 10.7. The molecule has 0 aliphatic carbocycles. The largest absolute Gasteiger partial charge is 0.370 e. The maximum Gasteiger partial charge on any atom is 0.341 e. The molecule has 13 heavy (non-hydrogen) atoms. The second-order valence-corrected chi connectivity index (χ2v) is 2.44. The van der Waals surface area contributed by atoms with E-state index >= 15 is 0 Å². The van der Waals surface area contributed by atoms with Crippen LogP contribution in [0.25, 0.3) is 0 Å². The fourth-order valence-corrected chi connectivity index (χ4v) is 0.498. The first-order valence-corrected chi connectivity index (χ1v) is 4.07. The first-order valence-electron chi connectivity index (χ1n) is 3.44. The predicted molar refractivity (Wildman–Crippen MR) is 46.5 cm³/mol. The summed E-state index contributed by atoms with van der Waals surface area (Å²) in [7, 11) is 0. The lowest BCUT2D eigenvalue weighted by Gasteiger charge is -2.02. The van der Waals surface area contributed by atoms with E-state index in [-0.39, 0.29) is 18.6 Å². The van der Waals surface area contributed by atoms with Gasteiger partial charge in [0.2, 0.25) is 5.91 Å². The second-order valence-electron chi connectivity index (χ2n) is 2.12. The summed E-state index contributed by atoms with van der Waals surface area (Å²) in [6.07, 6.45) is -0.181. The summed E-state index contributed by atoms with van der Waals surface area (Å²) in [5.41, 5.74) is 6.63. The summed E-state index contributed by atoms with van der Waals surface area (Å²) in [4.78, 5) is 35.6. The van der Waals surface area contributed by atoms with Crippen molar-refractivity contribution in [1.29, 1.82) is 0 Å². The molecule has 0 unspecified atom stereocenters. The molecule has 74 valence electrons. The minimum atomic E-state index is -0.671. The van der Waals surface area contributed by atoms with Gasteiger partial charge in [0.05, 0.1) is 5.75 Å². The molecule has 0 aliphatic heterocycles. The Balaban J connectivity index is 3.52. The molecule has 0 bridgehead atoms. The summed E-state index contributed by atoms with van der Waals surface area (Å²) < 4.78 is 0. The van der Waals surface area contributed by atoms with Crippen molar-refractivity contribution in [3.05, 3.63) is 0 Å². The van der Waals surface area contributed by atoms with Gasteiger partial charge in [0.15, 0.2) is 0 Å². The lowest BCUT2D eigenvalue weighted by atomic mass is 10.3. The van der Waals surface area contributed by atoms with Crippen LogP contribution in [0.3, 0.4) is 0 Å². The van der Waals surface area contributed by atoms with Gasteiger partial charge >= 0.3 is 5.97 Å². The number of primary amides is 1. The molecular formula is C6H10N2O4S. The molecule has 0 aliphatic rings. The maximum atomic E-state index is 10.7. The normalized spacial score (nSPS) is 9.00. The topological polar surface area (TPSA) is 98.5 Å². The zero-order valence-corrected chi connectivity index (χ0v) is 7.67. The van der Waals surface area contributed by atoms with Crippen molar-refractivity contribution < 1.29 is 19.2 Å². The molecular weight excluding hydrogens is 196 g/mol. The van der Waals surface area contributed by atoms with E-state index in [1.807, 2.05) is 5.48 Å². The molecule has 0 atom stereocenters. The van der Waals surface area contributed by atoms with E-state index in [1.165, 1.54) is 0 Å². The van der Waals surface area contributed by atoms with E-state index in [4.69, 9.17) is 5.73 Å². The van der Waals surface area contributed by atoms with Gasteiger partial charge in [-0.2, -0.15) is 18.1 Å². The lowest BCUT2D eigenvalue weighted by molar-refractivity contribution is -0.155. The molecule has 0 saturated carbocycles. The smallest absolute Gasteiger partial charge is 0.341 e. The Bertz CT molecular complexity index is 219. The first kappa shape index (κ1) is 11.8. The first-order chi connectivity index (χ1) is 6.06. The van der Waals surface area contributed by atoms with E-state index in [0.29, 0.717) is 0 Å². The summed E-state index contributed by atoms with van der Waals surface area (Å²) in [5.74, 6) is -1.96. The zero-order valence-electron chi connectivity index (χ0n) is 6.78. The van der Waals surface area contributed by atoms with Crippen LogP contribution in [0.4, 0.5) is 0 Å². The van der Waals surface area contributed by atoms with Crippen molar-refractivity contribution in [2.75, 3.05) is 5.75 Å². The van der Waals surface area contributed by atoms with Crippen molar-refractivity contribution in [2.24, 2.45) is 5.73 Å². The molecule has 0 rings (SSSR count). The van der Waals surface area contributed by atoms with E-state index in [9.17, 15) is 14.4 Å². The van der Waals surface area contributed by atoms with Crippen LogP contribution >= 0.6 is 12.6 Å². The Labute approximate surface area is 80.2 Å². The minimum absolute atomic E-state index is 0.0791. The molecule has 0 fully saturated rings. The number of amides is 2. The Morgan fingerprint density at radius 2 is 1.92 bits per heavy atom. The highest BCUT2D eigenvalue weighted by atomic mass is 32.1. The average Bonchev–Trinajstić information content (AvgIpc) is 2.10. The molecule has 7 heteroatoms. The Morgan fingerprint density at radius 3 is 2.38 bits per heavy atom. The van der Waals surface area contributed by atoms with Gasteiger partial charge in [-0.3, -0.25) is 9.59 Å². The monoisotopic (exact) mass is 206 g/mol. The summed E-state index contributed by atoms with van der Waals surface area (Å²) in [6.45, 7) is 0. The number of hydrogen-bond acceptors (Lipinski definition) is 5. The van der Waals surface area contributed by atoms with Crippen LogP contribution in [0.5, 0.6) is 0 Å². The highest BCUT2D eigenvalue weighted by Gasteiger charge is 2.06. The molecule has 3 N–H and O–H groups in total. The number of nitrogens with one attached hydrogen (secondary N) is 1. The van der Waals surface area contributed by atoms with Crippen molar-refractivity contribution in [3.63, 3.8) is 0 Å². The van der Waals surface area contributed by atoms with Gasteiger partial charge in [-0.25, -0.2) is 4.79 Å². The SMILES string of the molecule is NC(=O)CCC(=O)NOC(=O)CS. The quantitative estimate of drug-likeness (QED) is 0.395. The fraction of sp³-hybridized carbons (Fsp3) is 0.500. The summed E-state index contributed by atoms with van der Waals surface area (Å²) in [5, 5.41) is 0. The number of thiol groups is 1. The molecule has 0 aromatic carbocycles. The molecule has 6 nitrogen and oxygen atoms in total. The van der Waals surface area contributed by atoms with Gasteiger partial charge in [-0.15, -0.1) is 0 Å².